The number of hydrogen-bond donors (Lipinski definition) is 2. The number of anilines is 2. The van der Waals surface area contributed by atoms with Gasteiger partial charge in [0.1, 0.15) is 33.8 Å². The maximum absolute atomic E-state index is 13.3. The first kappa shape index (κ1) is 27.8. The molecule has 2 fully saturated rings. The standard InChI is InChI=1S/C30H31ClN8O3/c1-30(16-42-17-30)29(41)38-11-3-4-21(15-38)27-37-24(25-26(32)35-14-22(31)39(25)27)19-5-7-20(8-6-19)28(40)36-23-12-18(13-33-2)9-10-34-23/h5-10,12-14,21H,3-4,11,15-17H2,1-2H3,(H2,32,35)(H,34,36,40)/t21-/m1/s1. The lowest BCUT2D eigenvalue weighted by molar-refractivity contribution is -0.169. The molecule has 216 valence electrons. The maximum atomic E-state index is 13.3. The lowest BCUT2D eigenvalue weighted by Gasteiger charge is -2.42. The number of nitrogens with two attached hydrogens (primary N) is 1. The van der Waals surface area contributed by atoms with Gasteiger partial charge < -0.3 is 20.7 Å². The number of fused-ring (bicyclic) bond motifs is 1. The Hall–Kier alpha value is -4.35. The summed E-state index contributed by atoms with van der Waals surface area (Å²) < 4.78 is 7.17. The molecule has 0 bridgehead atoms. The molecule has 4 aromatic rings. The fourth-order valence-corrected chi connectivity index (χ4v) is 5.83. The molecule has 2 aliphatic rings. The molecular formula is C30H31ClN8O3. The molecule has 1 aromatic carbocycles. The Morgan fingerprint density at radius 2 is 2.00 bits per heavy atom. The van der Waals surface area contributed by atoms with Crippen molar-refractivity contribution in [1.29, 1.82) is 0 Å². The number of amides is 2. The number of pyridine rings is 1. The van der Waals surface area contributed by atoms with Crippen molar-refractivity contribution in [2.24, 2.45) is 10.4 Å². The summed E-state index contributed by atoms with van der Waals surface area (Å²) in [6.45, 7) is 4.08. The SMILES string of the molecule is CN=Cc1ccnc(NC(=O)c2ccc(-c3nc([C@@H]4CCCN(C(=O)C5(C)COC5)C4)n4c(Cl)cnc(N)c34)cc2)c1. The number of likely N-dealkylation sites (tertiary alicyclic amines) is 1. The summed E-state index contributed by atoms with van der Waals surface area (Å²) in [5, 5.41) is 3.21. The van der Waals surface area contributed by atoms with Crippen LogP contribution in [0.5, 0.6) is 0 Å². The van der Waals surface area contributed by atoms with E-state index in [-0.39, 0.29) is 17.7 Å². The molecule has 2 aliphatic heterocycles. The van der Waals surface area contributed by atoms with Gasteiger partial charge in [-0.15, -0.1) is 0 Å². The van der Waals surface area contributed by atoms with Gasteiger partial charge >= 0.3 is 0 Å². The van der Waals surface area contributed by atoms with Crippen molar-refractivity contribution in [1.82, 2.24) is 24.3 Å². The quantitative estimate of drug-likeness (QED) is 0.325. The fourth-order valence-electron chi connectivity index (χ4n) is 5.61. The van der Waals surface area contributed by atoms with Crippen LogP contribution in [-0.2, 0) is 9.53 Å². The number of nitrogen functional groups attached to an aromatic ring is 1. The van der Waals surface area contributed by atoms with Gasteiger partial charge in [-0.3, -0.25) is 19.0 Å². The fraction of sp³-hybridized carbons (Fsp3) is 0.333. The topological polar surface area (TPSA) is 140 Å². The van der Waals surface area contributed by atoms with E-state index in [0.29, 0.717) is 59.9 Å². The van der Waals surface area contributed by atoms with E-state index in [2.05, 4.69) is 20.3 Å². The Labute approximate surface area is 247 Å². The molecule has 11 nitrogen and oxygen atoms in total. The molecular weight excluding hydrogens is 556 g/mol. The Morgan fingerprint density at radius 1 is 1.21 bits per heavy atom. The van der Waals surface area contributed by atoms with Gasteiger partial charge in [0.25, 0.3) is 5.91 Å². The number of carbonyl (C=O) groups excluding carboxylic acids is 2. The second-order valence-electron chi connectivity index (χ2n) is 11.0. The number of rotatable bonds is 6. The highest BCUT2D eigenvalue weighted by atomic mass is 35.5. The summed E-state index contributed by atoms with van der Waals surface area (Å²) in [7, 11) is 1.68. The molecule has 2 saturated heterocycles. The number of aliphatic imine (C=N–C) groups is 1. The second-order valence-corrected chi connectivity index (χ2v) is 11.4. The third kappa shape index (κ3) is 5.10. The van der Waals surface area contributed by atoms with E-state index >= 15 is 0 Å². The lowest BCUT2D eigenvalue weighted by atomic mass is 9.85. The van der Waals surface area contributed by atoms with Gasteiger partial charge in [0.15, 0.2) is 0 Å². The van der Waals surface area contributed by atoms with Crippen LogP contribution < -0.4 is 11.1 Å². The van der Waals surface area contributed by atoms with E-state index in [4.69, 9.17) is 27.1 Å². The number of nitrogens with zero attached hydrogens (tertiary/aromatic N) is 6. The van der Waals surface area contributed by atoms with Gasteiger partial charge in [-0.2, -0.15) is 0 Å². The van der Waals surface area contributed by atoms with Crippen LogP contribution in [0.4, 0.5) is 11.6 Å². The predicted octanol–water partition coefficient (Wildman–Crippen LogP) is 4.07. The largest absolute Gasteiger partial charge is 0.382 e. The molecule has 3 aromatic heterocycles. The van der Waals surface area contributed by atoms with Gasteiger partial charge in [-0.05, 0) is 49.6 Å². The molecule has 0 unspecified atom stereocenters. The van der Waals surface area contributed by atoms with E-state index in [1.807, 2.05) is 28.4 Å². The molecule has 2 amide bonds. The monoisotopic (exact) mass is 586 g/mol. The molecule has 0 aliphatic carbocycles. The molecule has 6 rings (SSSR count). The van der Waals surface area contributed by atoms with Crippen molar-refractivity contribution in [3.8, 4) is 11.3 Å². The second kappa shape index (κ2) is 11.1. The minimum Gasteiger partial charge on any atom is -0.382 e. The number of hydrogen-bond acceptors (Lipinski definition) is 8. The molecule has 0 radical (unpaired) electrons. The number of benzene rings is 1. The number of piperidine rings is 1. The van der Waals surface area contributed by atoms with Crippen molar-refractivity contribution in [2.75, 3.05) is 44.4 Å². The first-order chi connectivity index (χ1) is 20.3. The van der Waals surface area contributed by atoms with E-state index in [9.17, 15) is 9.59 Å². The Bertz CT molecular complexity index is 1700. The third-order valence-corrected chi connectivity index (χ3v) is 8.09. The Kier molecular flexibility index (Phi) is 7.38. The molecule has 1 atom stereocenters. The van der Waals surface area contributed by atoms with Crippen molar-refractivity contribution in [3.63, 3.8) is 0 Å². The highest BCUT2D eigenvalue weighted by Gasteiger charge is 2.45. The summed E-state index contributed by atoms with van der Waals surface area (Å²) in [5.41, 5.74) is 9.16. The van der Waals surface area contributed by atoms with E-state index in [0.717, 1.165) is 29.8 Å². The van der Waals surface area contributed by atoms with E-state index in [1.165, 1.54) is 6.20 Å². The number of halogens is 1. The average Bonchev–Trinajstić information content (AvgIpc) is 3.40. The molecule has 5 heterocycles. The summed E-state index contributed by atoms with van der Waals surface area (Å²) in [6, 6.07) is 10.6. The Balaban J connectivity index is 1.29. The van der Waals surface area contributed by atoms with Crippen molar-refractivity contribution in [3.05, 3.63) is 70.9 Å². The summed E-state index contributed by atoms with van der Waals surface area (Å²) >= 11 is 6.67. The minimum absolute atomic E-state index is 0.0427. The zero-order valence-electron chi connectivity index (χ0n) is 23.4. The molecule has 42 heavy (non-hydrogen) atoms. The van der Waals surface area contributed by atoms with Gasteiger partial charge in [0.2, 0.25) is 5.91 Å². The van der Waals surface area contributed by atoms with Gasteiger partial charge in [-0.25, -0.2) is 15.0 Å². The number of nitrogens with one attached hydrogen (secondary N) is 1. The van der Waals surface area contributed by atoms with Gasteiger partial charge in [0, 0.05) is 49.6 Å². The summed E-state index contributed by atoms with van der Waals surface area (Å²) in [4.78, 5) is 45.7. The number of ether oxygens (including phenoxy) is 1. The molecule has 0 saturated carbocycles. The van der Waals surface area contributed by atoms with Gasteiger partial charge in [-0.1, -0.05) is 23.7 Å². The van der Waals surface area contributed by atoms with Crippen molar-refractivity contribution in [2.45, 2.75) is 25.7 Å². The van der Waals surface area contributed by atoms with Crippen LogP contribution in [-0.4, -0.2) is 75.6 Å². The van der Waals surface area contributed by atoms with Crippen LogP contribution in [0.3, 0.4) is 0 Å². The Morgan fingerprint density at radius 3 is 2.71 bits per heavy atom. The third-order valence-electron chi connectivity index (χ3n) is 7.83. The smallest absolute Gasteiger partial charge is 0.256 e. The van der Waals surface area contributed by atoms with Crippen LogP contribution in [0.2, 0.25) is 5.15 Å². The van der Waals surface area contributed by atoms with E-state index in [1.54, 1.807) is 43.7 Å². The van der Waals surface area contributed by atoms with Crippen LogP contribution in [0.1, 0.15) is 47.4 Å². The molecule has 12 heteroatoms. The van der Waals surface area contributed by atoms with Crippen LogP contribution in [0.15, 0.2) is 53.8 Å². The average molecular weight is 587 g/mol. The molecule has 0 spiro atoms. The summed E-state index contributed by atoms with van der Waals surface area (Å²) in [6.07, 6.45) is 6.52. The summed E-state index contributed by atoms with van der Waals surface area (Å²) in [5.74, 6) is 1.23. The highest BCUT2D eigenvalue weighted by molar-refractivity contribution is 6.30. The van der Waals surface area contributed by atoms with Gasteiger partial charge in [0.05, 0.1) is 24.8 Å². The van der Waals surface area contributed by atoms with E-state index < -0.39 is 5.41 Å². The van der Waals surface area contributed by atoms with Crippen LogP contribution in [0, 0.1) is 5.41 Å². The van der Waals surface area contributed by atoms with Crippen LogP contribution >= 0.6 is 11.6 Å². The lowest BCUT2D eigenvalue weighted by Crippen LogP contribution is -2.55. The first-order valence-electron chi connectivity index (χ1n) is 13.8. The number of aromatic nitrogens is 4. The predicted molar refractivity (Wildman–Crippen MR) is 161 cm³/mol. The highest BCUT2D eigenvalue weighted by Crippen LogP contribution is 2.37. The number of carbonyl (C=O) groups is 2. The zero-order valence-corrected chi connectivity index (χ0v) is 24.1. The maximum Gasteiger partial charge on any atom is 0.256 e. The normalized spacial score (nSPS) is 18.3. The van der Waals surface area contributed by atoms with Crippen molar-refractivity contribution >= 4 is 46.8 Å². The van der Waals surface area contributed by atoms with Crippen LogP contribution in [0.25, 0.3) is 16.8 Å². The first-order valence-corrected chi connectivity index (χ1v) is 14.1. The minimum atomic E-state index is -0.468. The van der Waals surface area contributed by atoms with Crippen molar-refractivity contribution < 1.29 is 14.3 Å². The molecule has 3 N–H and O–H groups in total. The number of imidazole rings is 1. The zero-order chi connectivity index (χ0) is 29.4.